The zero-order chi connectivity index (χ0) is 10.2. The number of piperidine rings is 1. The van der Waals surface area contributed by atoms with E-state index in [0.717, 1.165) is 24.9 Å². The van der Waals surface area contributed by atoms with Crippen LogP contribution in [0.3, 0.4) is 0 Å². The molecule has 0 radical (unpaired) electrons. The molecule has 3 N–H and O–H groups in total. The standard InChI is InChI=1S/C11H22N2O/c1-11(12,8-14)4-5-13-7-9-2-3-10(13)6-9/h9-10,14H,2-8,12H2,1H3. The Balaban J connectivity index is 1.77. The number of nitrogens with two attached hydrogens (primary N) is 1. The molecule has 1 saturated heterocycles. The molecule has 82 valence electrons. The van der Waals surface area contributed by atoms with E-state index in [1.165, 1.54) is 25.8 Å². The van der Waals surface area contributed by atoms with Crippen molar-refractivity contribution in [3.63, 3.8) is 0 Å². The van der Waals surface area contributed by atoms with Crippen LogP contribution >= 0.6 is 0 Å². The number of nitrogens with zero attached hydrogens (tertiary/aromatic N) is 1. The van der Waals surface area contributed by atoms with Crippen LogP contribution in [0.25, 0.3) is 0 Å². The van der Waals surface area contributed by atoms with Crippen LogP contribution in [0.2, 0.25) is 0 Å². The topological polar surface area (TPSA) is 49.5 Å². The lowest BCUT2D eigenvalue weighted by Crippen LogP contribution is -2.44. The third-order valence-electron chi connectivity index (χ3n) is 3.85. The fraction of sp³-hybridized carbons (Fsp3) is 1.00. The fourth-order valence-electron chi connectivity index (χ4n) is 2.78. The number of rotatable bonds is 4. The first-order chi connectivity index (χ1) is 6.61. The third-order valence-corrected chi connectivity index (χ3v) is 3.85. The molecule has 0 aromatic carbocycles. The molecule has 3 heteroatoms. The molecule has 14 heavy (non-hydrogen) atoms. The molecule has 2 bridgehead atoms. The van der Waals surface area contributed by atoms with E-state index in [-0.39, 0.29) is 12.1 Å². The molecule has 0 amide bonds. The first-order valence-electron chi connectivity index (χ1n) is 5.74. The predicted molar refractivity (Wildman–Crippen MR) is 57.0 cm³/mol. The lowest BCUT2D eigenvalue weighted by atomic mass is 10.00. The molecule has 2 fully saturated rings. The Labute approximate surface area is 86.3 Å². The minimum absolute atomic E-state index is 0.0922. The fourth-order valence-corrected chi connectivity index (χ4v) is 2.78. The van der Waals surface area contributed by atoms with Crippen molar-refractivity contribution in [1.82, 2.24) is 4.90 Å². The van der Waals surface area contributed by atoms with Crippen molar-refractivity contribution in [1.29, 1.82) is 0 Å². The van der Waals surface area contributed by atoms with Crippen molar-refractivity contribution in [2.75, 3.05) is 19.7 Å². The summed E-state index contributed by atoms with van der Waals surface area (Å²) in [5.41, 5.74) is 5.53. The number of likely N-dealkylation sites (tertiary alicyclic amines) is 1. The second kappa shape index (κ2) is 3.80. The van der Waals surface area contributed by atoms with Crippen LogP contribution in [0.5, 0.6) is 0 Å². The molecule has 1 saturated carbocycles. The summed E-state index contributed by atoms with van der Waals surface area (Å²) < 4.78 is 0. The van der Waals surface area contributed by atoms with Crippen molar-refractivity contribution in [2.45, 2.75) is 44.2 Å². The van der Waals surface area contributed by atoms with Crippen LogP contribution in [-0.2, 0) is 0 Å². The highest BCUT2D eigenvalue weighted by Gasteiger charge is 2.37. The predicted octanol–water partition coefficient (Wildman–Crippen LogP) is 0.570. The van der Waals surface area contributed by atoms with E-state index in [4.69, 9.17) is 10.8 Å². The van der Waals surface area contributed by atoms with Gasteiger partial charge < -0.3 is 15.7 Å². The van der Waals surface area contributed by atoms with Crippen molar-refractivity contribution < 1.29 is 5.11 Å². The van der Waals surface area contributed by atoms with E-state index >= 15 is 0 Å². The lowest BCUT2D eigenvalue weighted by molar-refractivity contribution is 0.157. The van der Waals surface area contributed by atoms with Crippen molar-refractivity contribution in [2.24, 2.45) is 11.7 Å². The Hall–Kier alpha value is -0.120. The maximum atomic E-state index is 9.06. The van der Waals surface area contributed by atoms with Crippen molar-refractivity contribution >= 4 is 0 Å². The smallest absolute Gasteiger partial charge is 0.0608 e. The summed E-state index contributed by atoms with van der Waals surface area (Å²) in [6.07, 6.45) is 5.12. The maximum absolute atomic E-state index is 9.06. The number of aliphatic hydroxyl groups is 1. The summed E-state index contributed by atoms with van der Waals surface area (Å²) in [5.74, 6) is 0.957. The number of hydrogen-bond donors (Lipinski definition) is 2. The minimum Gasteiger partial charge on any atom is -0.394 e. The van der Waals surface area contributed by atoms with Crippen molar-refractivity contribution in [3.05, 3.63) is 0 Å². The van der Waals surface area contributed by atoms with Gasteiger partial charge in [0.05, 0.1) is 6.61 Å². The van der Waals surface area contributed by atoms with E-state index in [1.54, 1.807) is 0 Å². The molecule has 2 aliphatic rings. The quantitative estimate of drug-likeness (QED) is 0.694. The number of fused-ring (bicyclic) bond motifs is 2. The molecule has 1 aliphatic heterocycles. The van der Waals surface area contributed by atoms with Gasteiger partial charge in [-0.1, -0.05) is 0 Å². The Morgan fingerprint density at radius 1 is 1.50 bits per heavy atom. The van der Waals surface area contributed by atoms with Gasteiger partial charge in [0.15, 0.2) is 0 Å². The molecule has 2 rings (SSSR count). The molecule has 0 spiro atoms. The van der Waals surface area contributed by atoms with Gasteiger partial charge in [0.1, 0.15) is 0 Å². The van der Waals surface area contributed by atoms with Crippen LogP contribution in [0.4, 0.5) is 0 Å². The van der Waals surface area contributed by atoms with Crippen LogP contribution in [0, 0.1) is 5.92 Å². The van der Waals surface area contributed by atoms with E-state index in [9.17, 15) is 0 Å². The van der Waals surface area contributed by atoms with Gasteiger partial charge in [-0.3, -0.25) is 0 Å². The van der Waals surface area contributed by atoms with Gasteiger partial charge in [-0.05, 0) is 38.5 Å². The zero-order valence-corrected chi connectivity index (χ0v) is 9.08. The van der Waals surface area contributed by atoms with Crippen LogP contribution < -0.4 is 5.73 Å². The molecule has 0 aromatic heterocycles. The Morgan fingerprint density at radius 2 is 2.29 bits per heavy atom. The monoisotopic (exact) mass is 198 g/mol. The minimum atomic E-state index is -0.387. The SMILES string of the molecule is CC(N)(CO)CCN1CC2CCC1C2. The highest BCUT2D eigenvalue weighted by atomic mass is 16.3. The summed E-state index contributed by atoms with van der Waals surface area (Å²) >= 11 is 0. The average molecular weight is 198 g/mol. The summed E-state index contributed by atoms with van der Waals surface area (Å²) in [7, 11) is 0. The van der Waals surface area contributed by atoms with Gasteiger partial charge in [0, 0.05) is 24.7 Å². The first kappa shape index (κ1) is 10.4. The molecular formula is C11H22N2O. The summed E-state index contributed by atoms with van der Waals surface area (Å²) in [5, 5.41) is 9.06. The molecule has 3 atom stereocenters. The second-order valence-corrected chi connectivity index (χ2v) is 5.39. The van der Waals surface area contributed by atoms with Crippen molar-refractivity contribution in [3.8, 4) is 0 Å². The number of hydrogen-bond acceptors (Lipinski definition) is 3. The lowest BCUT2D eigenvalue weighted by Gasteiger charge is -2.30. The van der Waals surface area contributed by atoms with Gasteiger partial charge in [0.25, 0.3) is 0 Å². The number of aliphatic hydroxyl groups excluding tert-OH is 1. The second-order valence-electron chi connectivity index (χ2n) is 5.39. The summed E-state index contributed by atoms with van der Waals surface area (Å²) in [6.45, 7) is 4.36. The molecule has 3 nitrogen and oxygen atoms in total. The molecular weight excluding hydrogens is 176 g/mol. The van der Waals surface area contributed by atoms with E-state index in [2.05, 4.69) is 4.90 Å². The summed E-state index contributed by atoms with van der Waals surface area (Å²) in [6, 6.07) is 0.828. The highest BCUT2D eigenvalue weighted by Crippen LogP contribution is 2.37. The average Bonchev–Trinajstić information content (AvgIpc) is 2.76. The Bertz CT molecular complexity index is 205. The zero-order valence-electron chi connectivity index (χ0n) is 9.08. The Morgan fingerprint density at radius 3 is 2.79 bits per heavy atom. The van der Waals surface area contributed by atoms with Gasteiger partial charge in [-0.2, -0.15) is 0 Å². The molecule has 1 heterocycles. The largest absolute Gasteiger partial charge is 0.394 e. The maximum Gasteiger partial charge on any atom is 0.0608 e. The molecule has 1 aliphatic carbocycles. The van der Waals surface area contributed by atoms with Crippen LogP contribution in [0.15, 0.2) is 0 Å². The summed E-state index contributed by atoms with van der Waals surface area (Å²) in [4.78, 5) is 2.56. The highest BCUT2D eigenvalue weighted by molar-refractivity contribution is 4.93. The van der Waals surface area contributed by atoms with Gasteiger partial charge in [-0.25, -0.2) is 0 Å². The Kier molecular flexibility index (Phi) is 2.82. The molecule has 0 aromatic rings. The van der Waals surface area contributed by atoms with E-state index < -0.39 is 0 Å². The van der Waals surface area contributed by atoms with Crippen LogP contribution in [-0.4, -0.2) is 41.3 Å². The molecule has 3 unspecified atom stereocenters. The van der Waals surface area contributed by atoms with Gasteiger partial charge >= 0.3 is 0 Å². The first-order valence-corrected chi connectivity index (χ1v) is 5.74. The van der Waals surface area contributed by atoms with Crippen LogP contribution in [0.1, 0.15) is 32.6 Å². The van der Waals surface area contributed by atoms with Gasteiger partial charge in [0.2, 0.25) is 0 Å². The third kappa shape index (κ3) is 2.10. The normalized spacial score (nSPS) is 36.2. The van der Waals surface area contributed by atoms with Gasteiger partial charge in [-0.15, -0.1) is 0 Å². The van der Waals surface area contributed by atoms with E-state index in [0.29, 0.717) is 0 Å². The van der Waals surface area contributed by atoms with E-state index in [1.807, 2.05) is 6.92 Å².